The van der Waals surface area contributed by atoms with E-state index in [-0.39, 0.29) is 10.8 Å². The lowest BCUT2D eigenvalue weighted by Gasteiger charge is -2.28. The van der Waals surface area contributed by atoms with Crippen LogP contribution in [-0.4, -0.2) is 15.3 Å². The third-order valence-corrected chi connectivity index (χ3v) is 4.47. The molecule has 0 saturated carbocycles. The highest BCUT2D eigenvalue weighted by Gasteiger charge is 2.27. The van der Waals surface area contributed by atoms with Gasteiger partial charge in [-0.2, -0.15) is 5.10 Å². The quantitative estimate of drug-likeness (QED) is 0.619. The molecule has 3 rings (SSSR count). The highest BCUT2D eigenvalue weighted by Crippen LogP contribution is 2.42. The van der Waals surface area contributed by atoms with Gasteiger partial charge in [-0.05, 0) is 29.0 Å². The molecule has 0 bridgehead atoms. The average molecular weight is 322 g/mol. The van der Waals surface area contributed by atoms with Crippen LogP contribution < -0.4 is 0 Å². The predicted molar refractivity (Wildman–Crippen MR) is 101 cm³/mol. The van der Waals surface area contributed by atoms with E-state index in [1.807, 2.05) is 18.2 Å². The molecule has 0 aliphatic carbocycles. The zero-order chi connectivity index (χ0) is 17.7. The van der Waals surface area contributed by atoms with Crippen LogP contribution in [0.5, 0.6) is 5.75 Å². The second kappa shape index (κ2) is 5.37. The average Bonchev–Trinajstić information content (AvgIpc) is 2.89. The zero-order valence-electron chi connectivity index (χ0n) is 15.4. The maximum atomic E-state index is 10.9. The molecule has 0 saturated heterocycles. The highest BCUT2D eigenvalue weighted by molar-refractivity contribution is 5.93. The molecule has 0 unspecified atom stereocenters. The van der Waals surface area contributed by atoms with Crippen molar-refractivity contribution in [1.29, 1.82) is 0 Å². The summed E-state index contributed by atoms with van der Waals surface area (Å²) in [5.74, 6) is 0.401. The topological polar surface area (TPSA) is 48.9 Å². The van der Waals surface area contributed by atoms with Crippen LogP contribution in [0.4, 0.5) is 0 Å². The zero-order valence-corrected chi connectivity index (χ0v) is 15.4. The first-order chi connectivity index (χ1) is 11.1. The molecule has 24 heavy (non-hydrogen) atoms. The van der Waals surface area contributed by atoms with Gasteiger partial charge in [0.05, 0.1) is 11.2 Å². The van der Waals surface area contributed by atoms with Gasteiger partial charge in [0.2, 0.25) is 0 Å². The third kappa shape index (κ3) is 2.79. The van der Waals surface area contributed by atoms with Gasteiger partial charge in [-0.3, -0.25) is 5.10 Å². The first-order valence-electron chi connectivity index (χ1n) is 8.40. The molecule has 0 atom stereocenters. The van der Waals surface area contributed by atoms with Gasteiger partial charge in [0, 0.05) is 22.1 Å². The molecule has 3 nitrogen and oxygen atoms in total. The summed E-state index contributed by atoms with van der Waals surface area (Å²) in [6, 6.07) is 12.3. The number of aromatic hydroxyl groups is 1. The number of phenolic OH excluding ortho intramolecular Hbond substituents is 1. The number of fused-ring (bicyclic) bond motifs is 1. The van der Waals surface area contributed by atoms with Crippen molar-refractivity contribution in [2.24, 2.45) is 0 Å². The number of benzene rings is 2. The van der Waals surface area contributed by atoms with E-state index in [1.165, 1.54) is 0 Å². The fraction of sp³-hybridized carbons (Fsp3) is 0.381. The van der Waals surface area contributed by atoms with Gasteiger partial charge in [0.15, 0.2) is 0 Å². The van der Waals surface area contributed by atoms with Crippen molar-refractivity contribution in [2.45, 2.75) is 52.4 Å². The van der Waals surface area contributed by atoms with Crippen molar-refractivity contribution in [3.8, 4) is 17.0 Å². The van der Waals surface area contributed by atoms with Gasteiger partial charge in [0.1, 0.15) is 5.75 Å². The smallest absolute Gasteiger partial charge is 0.123 e. The molecule has 1 heterocycles. The number of hydrogen-bond acceptors (Lipinski definition) is 2. The summed E-state index contributed by atoms with van der Waals surface area (Å²) < 4.78 is 0. The van der Waals surface area contributed by atoms with Gasteiger partial charge in [0.25, 0.3) is 0 Å². The Morgan fingerprint density at radius 3 is 1.96 bits per heavy atom. The predicted octanol–water partition coefficient (Wildman–Crippen LogP) is 5.53. The number of rotatable bonds is 1. The molecule has 0 spiro atoms. The van der Waals surface area contributed by atoms with Crippen molar-refractivity contribution < 1.29 is 5.11 Å². The molecule has 0 amide bonds. The number of hydrogen-bond donors (Lipinski definition) is 2. The Morgan fingerprint density at radius 1 is 0.875 bits per heavy atom. The Morgan fingerprint density at radius 2 is 1.42 bits per heavy atom. The molecule has 2 N–H and O–H groups in total. The minimum absolute atomic E-state index is 0.147. The van der Waals surface area contributed by atoms with Gasteiger partial charge in [-0.15, -0.1) is 0 Å². The molecular weight excluding hydrogens is 296 g/mol. The molecule has 126 valence electrons. The molecule has 3 aromatic rings. The Balaban J connectivity index is 2.33. The van der Waals surface area contributed by atoms with Crippen LogP contribution in [-0.2, 0) is 10.8 Å². The van der Waals surface area contributed by atoms with Crippen LogP contribution >= 0.6 is 0 Å². The Labute approximate surface area is 143 Å². The van der Waals surface area contributed by atoms with Crippen LogP contribution in [0.2, 0.25) is 0 Å². The Hall–Kier alpha value is -2.29. The van der Waals surface area contributed by atoms with E-state index in [4.69, 9.17) is 0 Å². The van der Waals surface area contributed by atoms with Crippen LogP contribution in [0, 0.1) is 0 Å². The first kappa shape index (κ1) is 16.6. The maximum Gasteiger partial charge on any atom is 0.123 e. The summed E-state index contributed by atoms with van der Waals surface area (Å²) >= 11 is 0. The van der Waals surface area contributed by atoms with Crippen molar-refractivity contribution in [3.63, 3.8) is 0 Å². The maximum absolute atomic E-state index is 10.9. The Bertz CT molecular complexity index is 857. The standard InChI is InChI=1S/C21H26N2O/c1-20(2,3)15-11-13(12-16(19(15)24)21(4,5)6)18-14-9-7-8-10-17(14)22-23-18/h7-12,24H,1-6H3,(H,22,23). The van der Waals surface area contributed by atoms with Gasteiger partial charge in [-0.1, -0.05) is 59.7 Å². The summed E-state index contributed by atoms with van der Waals surface area (Å²) in [5, 5.41) is 19.6. The van der Waals surface area contributed by atoms with E-state index < -0.39 is 0 Å². The lowest BCUT2D eigenvalue weighted by atomic mass is 9.78. The van der Waals surface area contributed by atoms with E-state index in [0.29, 0.717) is 5.75 Å². The number of para-hydroxylation sites is 1. The van der Waals surface area contributed by atoms with Crippen molar-refractivity contribution in [2.75, 3.05) is 0 Å². The number of aromatic nitrogens is 2. The number of nitrogens with one attached hydrogen (secondary N) is 1. The fourth-order valence-corrected chi connectivity index (χ4v) is 3.10. The van der Waals surface area contributed by atoms with Crippen molar-refractivity contribution in [3.05, 3.63) is 47.5 Å². The number of aromatic amines is 1. The summed E-state index contributed by atoms with van der Waals surface area (Å²) in [4.78, 5) is 0. The highest BCUT2D eigenvalue weighted by atomic mass is 16.3. The van der Waals surface area contributed by atoms with Gasteiger partial charge < -0.3 is 5.11 Å². The van der Waals surface area contributed by atoms with Crippen LogP contribution in [0.3, 0.4) is 0 Å². The summed E-state index contributed by atoms with van der Waals surface area (Å²) in [5.41, 5.74) is 4.61. The monoisotopic (exact) mass is 322 g/mol. The second-order valence-electron chi connectivity index (χ2n) is 8.54. The van der Waals surface area contributed by atoms with Crippen LogP contribution in [0.1, 0.15) is 52.7 Å². The molecule has 0 radical (unpaired) electrons. The van der Waals surface area contributed by atoms with E-state index in [2.05, 4.69) is 69.9 Å². The fourth-order valence-electron chi connectivity index (χ4n) is 3.10. The molecule has 0 aliphatic rings. The first-order valence-corrected chi connectivity index (χ1v) is 8.40. The van der Waals surface area contributed by atoms with Crippen molar-refractivity contribution >= 4 is 10.9 Å². The largest absolute Gasteiger partial charge is 0.507 e. The van der Waals surface area contributed by atoms with Gasteiger partial charge >= 0.3 is 0 Å². The number of nitrogens with zero attached hydrogens (tertiary/aromatic N) is 1. The molecule has 0 fully saturated rings. The lowest BCUT2D eigenvalue weighted by molar-refractivity contribution is 0.423. The van der Waals surface area contributed by atoms with E-state index >= 15 is 0 Å². The number of phenols is 1. The van der Waals surface area contributed by atoms with Crippen molar-refractivity contribution in [1.82, 2.24) is 10.2 Å². The SMILES string of the molecule is CC(C)(C)c1cc(-c2n[nH]c3ccccc23)cc(C(C)(C)C)c1O. The normalized spacial score (nSPS) is 12.8. The summed E-state index contributed by atoms with van der Waals surface area (Å²) in [6.07, 6.45) is 0. The summed E-state index contributed by atoms with van der Waals surface area (Å²) in [6.45, 7) is 12.8. The van der Waals surface area contributed by atoms with Crippen LogP contribution in [0.25, 0.3) is 22.2 Å². The Kier molecular flexibility index (Phi) is 3.71. The minimum Gasteiger partial charge on any atom is -0.507 e. The summed E-state index contributed by atoms with van der Waals surface area (Å²) in [7, 11) is 0. The molecule has 2 aromatic carbocycles. The van der Waals surface area contributed by atoms with Gasteiger partial charge in [-0.25, -0.2) is 0 Å². The van der Waals surface area contributed by atoms with E-state index in [0.717, 1.165) is 33.3 Å². The molecule has 1 aromatic heterocycles. The third-order valence-electron chi connectivity index (χ3n) is 4.47. The number of H-pyrrole nitrogens is 1. The molecule has 3 heteroatoms. The van der Waals surface area contributed by atoms with E-state index in [9.17, 15) is 5.11 Å². The molecular formula is C21H26N2O. The van der Waals surface area contributed by atoms with E-state index in [1.54, 1.807) is 0 Å². The molecule has 0 aliphatic heterocycles. The van der Waals surface area contributed by atoms with Crippen LogP contribution in [0.15, 0.2) is 36.4 Å². The lowest BCUT2D eigenvalue weighted by Crippen LogP contribution is -2.17. The second-order valence-corrected chi connectivity index (χ2v) is 8.54. The minimum atomic E-state index is -0.147.